The number of rotatable bonds is 8. The molecule has 0 radical (unpaired) electrons. The topological polar surface area (TPSA) is 92.7 Å². The average Bonchev–Trinajstić information content (AvgIpc) is 2.79. The fourth-order valence-electron chi connectivity index (χ4n) is 4.69. The van der Waals surface area contributed by atoms with Crippen LogP contribution in [0.15, 0.2) is 41.3 Å². The predicted molar refractivity (Wildman–Crippen MR) is 148 cm³/mol. The van der Waals surface area contributed by atoms with Gasteiger partial charge in [-0.25, -0.2) is 0 Å². The van der Waals surface area contributed by atoms with Gasteiger partial charge in [0.15, 0.2) is 11.0 Å². The number of thioether (sulfide) groups is 1. The van der Waals surface area contributed by atoms with Gasteiger partial charge < -0.3 is 15.2 Å². The minimum Gasteiger partial charge on any atom is -0.457 e. The van der Waals surface area contributed by atoms with Crippen LogP contribution in [-0.4, -0.2) is 33.6 Å². The van der Waals surface area contributed by atoms with Crippen LogP contribution < -0.4 is 5.32 Å². The summed E-state index contributed by atoms with van der Waals surface area (Å²) in [5, 5.41) is 11.6. The summed E-state index contributed by atoms with van der Waals surface area (Å²) in [6.45, 7) is 13.6. The van der Waals surface area contributed by atoms with Crippen molar-refractivity contribution < 1.29 is 24.2 Å². The van der Waals surface area contributed by atoms with Crippen LogP contribution in [0.2, 0.25) is 0 Å². The predicted octanol–water partition coefficient (Wildman–Crippen LogP) is 5.75. The summed E-state index contributed by atoms with van der Waals surface area (Å²) in [7, 11) is 0. The zero-order valence-electron chi connectivity index (χ0n) is 22.9. The summed E-state index contributed by atoms with van der Waals surface area (Å²) in [4.78, 5) is 38.9. The lowest BCUT2D eigenvalue weighted by atomic mass is 9.78. The van der Waals surface area contributed by atoms with Crippen molar-refractivity contribution in [3.8, 4) is 0 Å². The highest BCUT2D eigenvalue weighted by Crippen LogP contribution is 2.42. The Morgan fingerprint density at radius 1 is 1.19 bits per heavy atom. The highest BCUT2D eigenvalue weighted by Gasteiger charge is 2.49. The molecule has 1 saturated heterocycles. The van der Waals surface area contributed by atoms with E-state index in [1.54, 1.807) is 0 Å². The third-order valence-corrected chi connectivity index (χ3v) is 8.39. The summed E-state index contributed by atoms with van der Waals surface area (Å²) in [6.07, 6.45) is 1.36. The number of benzene rings is 2. The first kappa shape index (κ1) is 28.9. The van der Waals surface area contributed by atoms with Gasteiger partial charge in [-0.3, -0.25) is 14.4 Å². The quantitative estimate of drug-likeness (QED) is 0.337. The fraction of sp³-hybridized carbons (Fsp3) is 0.500. The van der Waals surface area contributed by atoms with E-state index in [1.165, 1.54) is 18.7 Å². The van der Waals surface area contributed by atoms with Crippen molar-refractivity contribution in [2.24, 2.45) is 5.92 Å². The fourth-order valence-corrected chi connectivity index (χ4v) is 6.04. The summed E-state index contributed by atoms with van der Waals surface area (Å²) in [5.41, 5.74) is 3.46. The van der Waals surface area contributed by atoms with E-state index in [0.717, 1.165) is 32.8 Å². The number of ether oxygens (including phenoxy) is 1. The Balaban J connectivity index is 1.79. The van der Waals surface area contributed by atoms with Crippen molar-refractivity contribution >= 4 is 35.1 Å². The van der Waals surface area contributed by atoms with Crippen molar-refractivity contribution in [3.63, 3.8) is 0 Å². The first-order valence-corrected chi connectivity index (χ1v) is 13.7. The van der Waals surface area contributed by atoms with Crippen LogP contribution >= 0.6 is 11.8 Å². The minimum atomic E-state index is -0.913. The van der Waals surface area contributed by atoms with Gasteiger partial charge in [-0.1, -0.05) is 52.8 Å². The average molecular weight is 526 g/mol. The zero-order valence-corrected chi connectivity index (χ0v) is 23.8. The lowest BCUT2D eigenvalue weighted by molar-refractivity contribution is -0.176. The molecule has 1 aliphatic heterocycles. The molecule has 2 atom stereocenters. The second-order valence-electron chi connectivity index (χ2n) is 11.3. The number of hydrogen-bond donors (Lipinski definition) is 2. The lowest BCUT2D eigenvalue weighted by Gasteiger charge is -2.41. The summed E-state index contributed by atoms with van der Waals surface area (Å²) in [6, 6.07) is 11.5. The molecule has 2 aromatic rings. The first-order valence-electron chi connectivity index (χ1n) is 12.8. The van der Waals surface area contributed by atoms with Gasteiger partial charge in [0.25, 0.3) is 0 Å². The molecule has 7 heteroatoms. The molecule has 1 unspecified atom stereocenters. The first-order chi connectivity index (χ1) is 17.3. The molecule has 1 amide bonds. The van der Waals surface area contributed by atoms with Crippen molar-refractivity contribution in [1.29, 1.82) is 0 Å². The number of carbonyl (C=O) groups excluding carboxylic acids is 3. The normalized spacial score (nSPS) is 20.2. The number of Topliss-reactive ketones (excluding diaryl/α,β-unsaturated/α-hetero) is 1. The van der Waals surface area contributed by atoms with Crippen molar-refractivity contribution in [1.82, 2.24) is 0 Å². The molecular formula is C30H39NO5S. The molecule has 6 nitrogen and oxygen atoms in total. The van der Waals surface area contributed by atoms with Gasteiger partial charge in [0, 0.05) is 23.9 Å². The van der Waals surface area contributed by atoms with Crippen LogP contribution in [0.5, 0.6) is 0 Å². The van der Waals surface area contributed by atoms with Crippen molar-refractivity contribution in [3.05, 3.63) is 58.7 Å². The number of esters is 1. The maximum Gasteiger partial charge on any atom is 0.327 e. The SMILES string of the molecule is CC(=O)Nc1ccc(CC[C@@]2(C(C)C)CC(=O)C(Sc3cc(C)c(CO)cc3C(C)(C)C)C(=O)O2)cc1. The zero-order chi connectivity index (χ0) is 27.5. The number of nitrogens with one attached hydrogen (secondary N) is 1. The number of cyclic esters (lactones) is 1. The molecule has 2 aromatic carbocycles. The van der Waals surface area contributed by atoms with Crippen LogP contribution in [0.4, 0.5) is 5.69 Å². The molecule has 0 aromatic heterocycles. The Morgan fingerprint density at radius 2 is 1.84 bits per heavy atom. The molecule has 1 fully saturated rings. The number of hydrogen-bond acceptors (Lipinski definition) is 6. The van der Waals surface area contributed by atoms with Crippen LogP contribution in [0.1, 0.15) is 76.6 Å². The Hall–Kier alpha value is -2.64. The van der Waals surface area contributed by atoms with Crippen LogP contribution in [0.3, 0.4) is 0 Å². The Kier molecular flexibility index (Phi) is 8.91. The molecule has 0 bridgehead atoms. The Labute approximate surface area is 224 Å². The van der Waals surface area contributed by atoms with Crippen LogP contribution in [0, 0.1) is 12.8 Å². The summed E-state index contributed by atoms with van der Waals surface area (Å²) >= 11 is 1.26. The number of ketones is 1. The van der Waals surface area contributed by atoms with E-state index >= 15 is 0 Å². The molecule has 0 spiro atoms. The Morgan fingerprint density at radius 3 is 2.35 bits per heavy atom. The molecule has 37 heavy (non-hydrogen) atoms. The second kappa shape index (κ2) is 11.4. The number of carbonyl (C=O) groups is 3. The minimum absolute atomic E-state index is 0.0266. The molecule has 1 aliphatic rings. The third kappa shape index (κ3) is 6.82. The third-order valence-electron chi connectivity index (χ3n) is 7.11. The number of anilines is 1. The maximum absolute atomic E-state index is 13.5. The molecule has 1 heterocycles. The largest absolute Gasteiger partial charge is 0.457 e. The lowest BCUT2D eigenvalue weighted by Crippen LogP contribution is -2.52. The van der Waals surface area contributed by atoms with Crippen LogP contribution in [-0.2, 0) is 37.6 Å². The van der Waals surface area contributed by atoms with E-state index in [4.69, 9.17) is 4.74 Å². The molecule has 2 N–H and O–H groups in total. The van der Waals surface area contributed by atoms with Gasteiger partial charge in [0.2, 0.25) is 5.91 Å². The van der Waals surface area contributed by atoms with E-state index in [-0.39, 0.29) is 36.1 Å². The second-order valence-corrected chi connectivity index (χ2v) is 12.5. The highest BCUT2D eigenvalue weighted by atomic mass is 32.2. The van der Waals surface area contributed by atoms with Crippen molar-refractivity contribution in [2.75, 3.05) is 5.32 Å². The highest BCUT2D eigenvalue weighted by molar-refractivity contribution is 8.01. The van der Waals surface area contributed by atoms with Gasteiger partial charge in [-0.15, -0.1) is 11.8 Å². The van der Waals surface area contributed by atoms with Crippen LogP contribution in [0.25, 0.3) is 0 Å². The maximum atomic E-state index is 13.5. The van der Waals surface area contributed by atoms with E-state index < -0.39 is 16.8 Å². The van der Waals surface area contributed by atoms with Gasteiger partial charge >= 0.3 is 5.97 Å². The van der Waals surface area contributed by atoms with Gasteiger partial charge in [0.05, 0.1) is 6.61 Å². The monoisotopic (exact) mass is 525 g/mol. The summed E-state index contributed by atoms with van der Waals surface area (Å²) < 4.78 is 6.11. The van der Waals surface area contributed by atoms with Gasteiger partial charge in [-0.2, -0.15) is 0 Å². The van der Waals surface area contributed by atoms with Gasteiger partial charge in [-0.05, 0) is 71.6 Å². The smallest absolute Gasteiger partial charge is 0.327 e. The van der Waals surface area contributed by atoms with E-state index in [0.29, 0.717) is 12.8 Å². The molecule has 200 valence electrons. The molecular weight excluding hydrogens is 486 g/mol. The standard InChI is InChI=1S/C30H39NO5S/c1-18(2)30(13-12-21-8-10-23(11-9-21)31-20(4)33)16-25(34)27(28(35)36-30)37-26-14-19(3)22(17-32)15-24(26)29(5,6)7/h8-11,14-15,18,27,32H,12-13,16-17H2,1-7H3,(H,31,33)/t27?,30-/m0/s1. The van der Waals surface area contributed by atoms with Crippen molar-refractivity contribution in [2.45, 2.75) is 95.5 Å². The number of aryl methyl sites for hydroxylation is 2. The number of amides is 1. The van der Waals surface area contributed by atoms with Gasteiger partial charge in [0.1, 0.15) is 5.60 Å². The molecule has 0 saturated carbocycles. The molecule has 3 rings (SSSR count). The molecule has 0 aliphatic carbocycles. The Bertz CT molecular complexity index is 1150. The van der Waals surface area contributed by atoms with E-state index in [9.17, 15) is 19.5 Å². The van der Waals surface area contributed by atoms with E-state index in [2.05, 4.69) is 26.1 Å². The number of aliphatic hydroxyl groups excluding tert-OH is 1. The number of aliphatic hydroxyl groups is 1. The van der Waals surface area contributed by atoms with E-state index in [1.807, 2.05) is 57.2 Å². The summed E-state index contributed by atoms with van der Waals surface area (Å²) in [5.74, 6) is -0.749.